The van der Waals surface area contributed by atoms with E-state index < -0.39 is 10.5 Å². The van der Waals surface area contributed by atoms with Gasteiger partial charge in [-0.3, -0.25) is 29.1 Å². The highest BCUT2D eigenvalue weighted by atomic mass is 16.6. The second-order valence-electron chi connectivity index (χ2n) is 6.82. The molecule has 3 rings (SSSR count). The SMILES string of the molecule is COC(=O)CCn1c(C)cc(C(=O)Cn2cnc3ccc([N+](=O)[O-])cc3c2=O)c1C. The predicted molar refractivity (Wildman–Crippen MR) is 108 cm³/mol. The zero-order valence-corrected chi connectivity index (χ0v) is 16.7. The summed E-state index contributed by atoms with van der Waals surface area (Å²) in [5.74, 6) is -0.653. The van der Waals surface area contributed by atoms with E-state index in [1.54, 1.807) is 13.0 Å². The zero-order chi connectivity index (χ0) is 22.0. The van der Waals surface area contributed by atoms with E-state index >= 15 is 0 Å². The molecule has 0 saturated heterocycles. The van der Waals surface area contributed by atoms with E-state index in [1.165, 1.54) is 25.6 Å². The first kappa shape index (κ1) is 20.9. The molecule has 0 spiro atoms. The Kier molecular flexibility index (Phi) is 5.77. The zero-order valence-electron chi connectivity index (χ0n) is 16.7. The molecule has 0 saturated carbocycles. The van der Waals surface area contributed by atoms with Crippen molar-refractivity contribution in [3.8, 4) is 0 Å². The van der Waals surface area contributed by atoms with Crippen molar-refractivity contribution in [1.82, 2.24) is 14.1 Å². The standard InChI is InChI=1S/C20H20N4O6/c1-12-8-15(13(2)23(12)7-6-19(26)30-3)18(25)10-22-11-21-17-5-4-14(24(28)29)9-16(17)20(22)27/h4-5,8-9,11H,6-7,10H2,1-3H3. The van der Waals surface area contributed by atoms with Crippen molar-refractivity contribution in [3.05, 3.63) is 68.0 Å². The normalized spacial score (nSPS) is 10.9. The minimum absolute atomic E-state index is 0.0723. The number of nitro groups is 1. The molecule has 0 bridgehead atoms. The average Bonchev–Trinajstić information content (AvgIpc) is 3.01. The van der Waals surface area contributed by atoms with E-state index in [0.717, 1.165) is 16.3 Å². The molecule has 2 heterocycles. The van der Waals surface area contributed by atoms with Gasteiger partial charge in [0.1, 0.15) is 0 Å². The largest absolute Gasteiger partial charge is 0.469 e. The molecule has 0 unspecified atom stereocenters. The molecule has 0 aliphatic carbocycles. The Morgan fingerprint density at radius 1 is 1.23 bits per heavy atom. The molecule has 0 amide bonds. The molecule has 3 aromatic rings. The Morgan fingerprint density at radius 2 is 1.97 bits per heavy atom. The molecule has 2 aromatic heterocycles. The fourth-order valence-electron chi connectivity index (χ4n) is 3.35. The number of nitro benzene ring substituents is 1. The fraction of sp³-hybridized carbons (Fsp3) is 0.300. The number of ether oxygens (including phenoxy) is 1. The first-order valence-electron chi connectivity index (χ1n) is 9.13. The molecule has 30 heavy (non-hydrogen) atoms. The van der Waals surface area contributed by atoms with Gasteiger partial charge in [0.05, 0.1) is 42.2 Å². The van der Waals surface area contributed by atoms with Gasteiger partial charge in [-0.1, -0.05) is 0 Å². The highest BCUT2D eigenvalue weighted by molar-refractivity contribution is 5.97. The number of carbonyl (C=O) groups excluding carboxylic acids is 2. The lowest BCUT2D eigenvalue weighted by Crippen LogP contribution is -2.25. The molecular weight excluding hydrogens is 392 g/mol. The third-order valence-electron chi connectivity index (χ3n) is 4.97. The number of aromatic nitrogens is 3. The van der Waals surface area contributed by atoms with Crippen LogP contribution in [0.1, 0.15) is 28.2 Å². The molecule has 0 radical (unpaired) electrons. The number of methoxy groups -OCH3 is 1. The smallest absolute Gasteiger partial charge is 0.307 e. The number of non-ortho nitro benzene ring substituents is 1. The summed E-state index contributed by atoms with van der Waals surface area (Å²) in [4.78, 5) is 51.5. The van der Waals surface area contributed by atoms with Crippen molar-refractivity contribution >= 4 is 28.3 Å². The Balaban J connectivity index is 1.90. The minimum Gasteiger partial charge on any atom is -0.469 e. The van der Waals surface area contributed by atoms with Crippen molar-refractivity contribution in [2.45, 2.75) is 33.4 Å². The maximum Gasteiger partial charge on any atom is 0.307 e. The molecular formula is C20H20N4O6. The van der Waals surface area contributed by atoms with Gasteiger partial charge in [-0.15, -0.1) is 0 Å². The van der Waals surface area contributed by atoms with E-state index in [0.29, 0.717) is 23.3 Å². The van der Waals surface area contributed by atoms with Gasteiger partial charge < -0.3 is 9.30 Å². The van der Waals surface area contributed by atoms with Gasteiger partial charge in [0.15, 0.2) is 5.78 Å². The molecule has 0 aliphatic heterocycles. The van der Waals surface area contributed by atoms with Gasteiger partial charge in [0.25, 0.3) is 11.2 Å². The van der Waals surface area contributed by atoms with Crippen molar-refractivity contribution in [2.75, 3.05) is 7.11 Å². The molecule has 10 heteroatoms. The van der Waals surface area contributed by atoms with Crippen molar-refractivity contribution in [2.24, 2.45) is 0 Å². The van der Waals surface area contributed by atoms with E-state index in [4.69, 9.17) is 0 Å². The monoisotopic (exact) mass is 412 g/mol. The van der Waals surface area contributed by atoms with Crippen molar-refractivity contribution in [1.29, 1.82) is 0 Å². The number of nitrogens with zero attached hydrogens (tertiary/aromatic N) is 4. The summed E-state index contributed by atoms with van der Waals surface area (Å²) in [6.07, 6.45) is 1.43. The van der Waals surface area contributed by atoms with Crippen LogP contribution >= 0.6 is 0 Å². The van der Waals surface area contributed by atoms with Crippen LogP contribution in [0.3, 0.4) is 0 Å². The summed E-state index contributed by atoms with van der Waals surface area (Å²) in [5, 5.41) is 11.1. The number of rotatable bonds is 7. The van der Waals surface area contributed by atoms with Gasteiger partial charge in [0.2, 0.25) is 0 Å². The molecule has 0 atom stereocenters. The first-order valence-corrected chi connectivity index (χ1v) is 9.13. The summed E-state index contributed by atoms with van der Waals surface area (Å²) < 4.78 is 7.63. The summed E-state index contributed by atoms with van der Waals surface area (Å²) in [6, 6.07) is 5.53. The fourth-order valence-corrected chi connectivity index (χ4v) is 3.35. The number of esters is 1. The van der Waals surface area contributed by atoms with Crippen molar-refractivity contribution < 1.29 is 19.2 Å². The number of Topliss-reactive ketones (excluding diaryl/α,β-unsaturated/α-hetero) is 1. The summed E-state index contributed by atoms with van der Waals surface area (Å²) in [7, 11) is 1.32. The highest BCUT2D eigenvalue weighted by Gasteiger charge is 2.18. The number of hydrogen-bond donors (Lipinski definition) is 0. The number of aryl methyl sites for hydroxylation is 1. The van der Waals surface area contributed by atoms with Crippen LogP contribution in [0.25, 0.3) is 10.9 Å². The summed E-state index contributed by atoms with van der Waals surface area (Å²) in [6.45, 7) is 3.71. The van der Waals surface area contributed by atoms with Crippen LogP contribution in [0.5, 0.6) is 0 Å². The quantitative estimate of drug-likeness (QED) is 0.252. The number of ketones is 1. The van der Waals surface area contributed by atoms with Crippen LogP contribution in [-0.2, 0) is 22.6 Å². The van der Waals surface area contributed by atoms with Crippen LogP contribution in [0.2, 0.25) is 0 Å². The minimum atomic E-state index is -0.593. The number of carbonyl (C=O) groups is 2. The number of hydrogen-bond acceptors (Lipinski definition) is 7. The lowest BCUT2D eigenvalue weighted by molar-refractivity contribution is -0.384. The Morgan fingerprint density at radius 3 is 2.63 bits per heavy atom. The molecule has 156 valence electrons. The summed E-state index contributed by atoms with van der Waals surface area (Å²) in [5.41, 5.74) is 1.48. The number of benzene rings is 1. The second-order valence-corrected chi connectivity index (χ2v) is 6.82. The van der Waals surface area contributed by atoms with E-state index in [2.05, 4.69) is 9.72 Å². The van der Waals surface area contributed by atoms with Crippen LogP contribution in [0.15, 0.2) is 35.4 Å². The Labute approximate surface area is 170 Å². The number of fused-ring (bicyclic) bond motifs is 1. The van der Waals surface area contributed by atoms with Crippen molar-refractivity contribution in [3.63, 3.8) is 0 Å². The lowest BCUT2D eigenvalue weighted by atomic mass is 10.1. The third kappa shape index (κ3) is 3.97. The molecule has 1 aromatic carbocycles. The van der Waals surface area contributed by atoms with E-state index in [9.17, 15) is 24.5 Å². The average molecular weight is 412 g/mol. The van der Waals surface area contributed by atoms with Crippen LogP contribution in [0, 0.1) is 24.0 Å². The third-order valence-corrected chi connectivity index (χ3v) is 4.97. The van der Waals surface area contributed by atoms with Crippen LogP contribution < -0.4 is 5.56 Å². The topological polar surface area (TPSA) is 126 Å². The lowest BCUT2D eigenvalue weighted by Gasteiger charge is -2.09. The van der Waals surface area contributed by atoms with Gasteiger partial charge in [-0.2, -0.15) is 0 Å². The van der Waals surface area contributed by atoms with Gasteiger partial charge in [0, 0.05) is 35.6 Å². The van der Waals surface area contributed by atoms with E-state index in [1.807, 2.05) is 11.5 Å². The van der Waals surface area contributed by atoms with Crippen LogP contribution in [-0.4, -0.2) is 37.9 Å². The first-order chi connectivity index (χ1) is 14.2. The molecule has 0 aliphatic rings. The van der Waals surface area contributed by atoms with Crippen LogP contribution in [0.4, 0.5) is 5.69 Å². The Bertz CT molecular complexity index is 1220. The maximum atomic E-state index is 12.9. The highest BCUT2D eigenvalue weighted by Crippen LogP contribution is 2.18. The molecule has 0 N–H and O–H groups in total. The van der Waals surface area contributed by atoms with Gasteiger partial charge in [-0.25, -0.2) is 4.98 Å². The maximum absolute atomic E-state index is 12.9. The summed E-state index contributed by atoms with van der Waals surface area (Å²) >= 11 is 0. The Hall–Kier alpha value is -3.82. The predicted octanol–water partition coefficient (Wildman–Crippen LogP) is 2.17. The van der Waals surface area contributed by atoms with E-state index in [-0.39, 0.29) is 35.8 Å². The molecule has 10 nitrogen and oxygen atoms in total. The second kappa shape index (κ2) is 8.27. The van der Waals surface area contributed by atoms with Gasteiger partial charge in [-0.05, 0) is 26.0 Å². The molecule has 0 fully saturated rings. The van der Waals surface area contributed by atoms with Gasteiger partial charge >= 0.3 is 5.97 Å².